The Hall–Kier alpha value is -2.53. The topological polar surface area (TPSA) is 52.7 Å². The van der Waals surface area contributed by atoms with E-state index in [1.165, 1.54) is 16.8 Å². The Bertz CT molecular complexity index is 828. The monoisotopic (exact) mass is 385 g/mol. The predicted octanol–water partition coefficient (Wildman–Crippen LogP) is 3.63. The van der Waals surface area contributed by atoms with Crippen molar-refractivity contribution in [3.05, 3.63) is 58.6 Å². The van der Waals surface area contributed by atoms with Crippen LogP contribution in [0.2, 0.25) is 5.02 Å². The molecule has 1 saturated heterocycles. The quantitative estimate of drug-likeness (QED) is 0.817. The Morgan fingerprint density at radius 1 is 1.00 bits per heavy atom. The van der Waals surface area contributed by atoms with Crippen molar-refractivity contribution in [3.63, 3.8) is 0 Å². The standard InChI is InChI=1S/C21H24ClN3O2/c1-15-4-3-5-19(16(15)2)24-10-12-25(13-11-24)21(27)14-20(26)23-18-8-6-17(22)7-9-18/h3-9H,10-14H2,1-2H3,(H,23,26). The van der Waals surface area contributed by atoms with E-state index in [-0.39, 0.29) is 18.2 Å². The first-order valence-corrected chi connectivity index (χ1v) is 9.46. The number of aryl methyl sites for hydroxylation is 1. The highest BCUT2D eigenvalue weighted by Gasteiger charge is 2.23. The molecule has 6 heteroatoms. The Labute approximate surface area is 164 Å². The summed E-state index contributed by atoms with van der Waals surface area (Å²) >= 11 is 5.83. The number of carbonyl (C=O) groups is 2. The zero-order valence-electron chi connectivity index (χ0n) is 15.7. The average Bonchev–Trinajstić information content (AvgIpc) is 2.66. The lowest BCUT2D eigenvalue weighted by molar-refractivity contribution is -0.134. The second kappa shape index (κ2) is 8.44. The van der Waals surface area contributed by atoms with Crippen molar-refractivity contribution in [1.29, 1.82) is 0 Å². The first kappa shape index (κ1) is 19.2. The summed E-state index contributed by atoms with van der Waals surface area (Å²) in [4.78, 5) is 28.6. The maximum atomic E-state index is 12.4. The van der Waals surface area contributed by atoms with E-state index in [9.17, 15) is 9.59 Å². The molecule has 0 aromatic heterocycles. The maximum Gasteiger partial charge on any atom is 0.233 e. The third-order valence-electron chi connectivity index (χ3n) is 4.99. The Morgan fingerprint density at radius 2 is 1.67 bits per heavy atom. The summed E-state index contributed by atoms with van der Waals surface area (Å²) < 4.78 is 0. The van der Waals surface area contributed by atoms with Crippen LogP contribution in [0.25, 0.3) is 0 Å². The zero-order valence-corrected chi connectivity index (χ0v) is 16.4. The van der Waals surface area contributed by atoms with Gasteiger partial charge in [-0.2, -0.15) is 0 Å². The van der Waals surface area contributed by atoms with E-state index in [1.807, 2.05) is 0 Å². The zero-order chi connectivity index (χ0) is 19.4. The van der Waals surface area contributed by atoms with Crippen LogP contribution in [0, 0.1) is 13.8 Å². The molecule has 1 heterocycles. The van der Waals surface area contributed by atoms with E-state index >= 15 is 0 Å². The Balaban J connectivity index is 1.51. The van der Waals surface area contributed by atoms with Crippen molar-refractivity contribution in [2.24, 2.45) is 0 Å². The van der Waals surface area contributed by atoms with E-state index in [0.29, 0.717) is 23.8 Å². The summed E-state index contributed by atoms with van der Waals surface area (Å²) in [6, 6.07) is 13.1. The largest absolute Gasteiger partial charge is 0.368 e. The number of nitrogens with zero attached hydrogens (tertiary/aromatic N) is 2. The van der Waals surface area contributed by atoms with Crippen LogP contribution in [-0.2, 0) is 9.59 Å². The van der Waals surface area contributed by atoms with Gasteiger partial charge in [-0.1, -0.05) is 23.7 Å². The van der Waals surface area contributed by atoms with Crippen molar-refractivity contribution in [2.45, 2.75) is 20.3 Å². The highest BCUT2D eigenvalue weighted by Crippen LogP contribution is 2.24. The molecule has 0 unspecified atom stereocenters. The van der Waals surface area contributed by atoms with Gasteiger partial charge in [-0.25, -0.2) is 0 Å². The third-order valence-corrected chi connectivity index (χ3v) is 5.24. The molecule has 142 valence electrons. The molecule has 3 rings (SSSR count). The second-order valence-corrected chi connectivity index (χ2v) is 7.26. The molecule has 1 aliphatic rings. The van der Waals surface area contributed by atoms with E-state index in [2.05, 4.69) is 42.3 Å². The number of nitrogens with one attached hydrogen (secondary N) is 1. The van der Waals surface area contributed by atoms with Gasteiger partial charge in [0.15, 0.2) is 0 Å². The molecule has 0 spiro atoms. The van der Waals surface area contributed by atoms with Gasteiger partial charge in [0, 0.05) is 42.6 Å². The van der Waals surface area contributed by atoms with Crippen LogP contribution < -0.4 is 10.2 Å². The van der Waals surface area contributed by atoms with Gasteiger partial charge in [0.25, 0.3) is 0 Å². The fraction of sp³-hybridized carbons (Fsp3) is 0.333. The van der Waals surface area contributed by atoms with Gasteiger partial charge in [-0.3, -0.25) is 9.59 Å². The number of carbonyl (C=O) groups excluding carboxylic acids is 2. The number of amides is 2. The van der Waals surface area contributed by atoms with Crippen molar-refractivity contribution in [3.8, 4) is 0 Å². The highest BCUT2D eigenvalue weighted by atomic mass is 35.5. The molecular weight excluding hydrogens is 362 g/mol. The normalized spacial score (nSPS) is 14.2. The van der Waals surface area contributed by atoms with Gasteiger partial charge < -0.3 is 15.1 Å². The van der Waals surface area contributed by atoms with Crippen molar-refractivity contribution in [2.75, 3.05) is 36.4 Å². The summed E-state index contributed by atoms with van der Waals surface area (Å²) in [6.45, 7) is 7.03. The minimum absolute atomic E-state index is 0.137. The summed E-state index contributed by atoms with van der Waals surface area (Å²) in [7, 11) is 0. The van der Waals surface area contributed by atoms with Gasteiger partial charge in [0.05, 0.1) is 0 Å². The van der Waals surface area contributed by atoms with Crippen molar-refractivity contribution in [1.82, 2.24) is 4.90 Å². The number of halogens is 1. The molecule has 27 heavy (non-hydrogen) atoms. The molecule has 1 N–H and O–H groups in total. The number of hydrogen-bond acceptors (Lipinski definition) is 3. The summed E-state index contributed by atoms with van der Waals surface area (Å²) in [5.41, 5.74) is 4.41. The van der Waals surface area contributed by atoms with Gasteiger partial charge in [-0.15, -0.1) is 0 Å². The van der Waals surface area contributed by atoms with Crippen LogP contribution in [0.5, 0.6) is 0 Å². The fourth-order valence-electron chi connectivity index (χ4n) is 3.26. The Morgan fingerprint density at radius 3 is 2.33 bits per heavy atom. The van der Waals surface area contributed by atoms with Crippen molar-refractivity contribution < 1.29 is 9.59 Å². The van der Waals surface area contributed by atoms with Gasteiger partial charge in [-0.05, 0) is 55.3 Å². The molecule has 0 aliphatic carbocycles. The van der Waals surface area contributed by atoms with Gasteiger partial charge in [0.1, 0.15) is 6.42 Å². The molecule has 2 aromatic carbocycles. The predicted molar refractivity (Wildman–Crippen MR) is 109 cm³/mol. The second-order valence-electron chi connectivity index (χ2n) is 6.82. The highest BCUT2D eigenvalue weighted by molar-refractivity contribution is 6.30. The summed E-state index contributed by atoms with van der Waals surface area (Å²) in [6.07, 6.45) is -0.147. The van der Waals surface area contributed by atoms with Crippen molar-refractivity contribution >= 4 is 34.8 Å². The molecule has 0 saturated carbocycles. The molecule has 0 atom stereocenters. The van der Waals surface area contributed by atoms with Crippen LogP contribution in [0.15, 0.2) is 42.5 Å². The minimum atomic E-state index is -0.306. The lowest BCUT2D eigenvalue weighted by Gasteiger charge is -2.37. The Kier molecular flexibility index (Phi) is 6.01. The molecule has 1 aliphatic heterocycles. The lowest BCUT2D eigenvalue weighted by Crippen LogP contribution is -2.49. The number of benzene rings is 2. The van der Waals surface area contributed by atoms with E-state index < -0.39 is 0 Å². The molecule has 5 nitrogen and oxygen atoms in total. The number of hydrogen-bond donors (Lipinski definition) is 1. The first-order valence-electron chi connectivity index (χ1n) is 9.08. The van der Waals surface area contributed by atoms with Crippen LogP contribution in [-0.4, -0.2) is 42.9 Å². The van der Waals surface area contributed by atoms with Gasteiger partial charge in [0.2, 0.25) is 11.8 Å². The maximum absolute atomic E-state index is 12.4. The summed E-state index contributed by atoms with van der Waals surface area (Å²) in [5.74, 6) is -0.443. The number of anilines is 2. The van der Waals surface area contributed by atoms with Crippen LogP contribution >= 0.6 is 11.6 Å². The average molecular weight is 386 g/mol. The van der Waals surface area contributed by atoms with Crippen LogP contribution in [0.1, 0.15) is 17.5 Å². The molecule has 0 bridgehead atoms. The number of rotatable bonds is 4. The lowest BCUT2D eigenvalue weighted by atomic mass is 10.1. The van der Waals surface area contributed by atoms with Crippen LogP contribution in [0.4, 0.5) is 11.4 Å². The first-order chi connectivity index (χ1) is 12.9. The van der Waals surface area contributed by atoms with Gasteiger partial charge >= 0.3 is 0 Å². The van der Waals surface area contributed by atoms with E-state index in [4.69, 9.17) is 11.6 Å². The molecule has 0 radical (unpaired) electrons. The van der Waals surface area contributed by atoms with Crippen LogP contribution in [0.3, 0.4) is 0 Å². The molecular formula is C21H24ClN3O2. The fourth-order valence-corrected chi connectivity index (χ4v) is 3.39. The number of piperazine rings is 1. The molecule has 1 fully saturated rings. The molecule has 2 amide bonds. The third kappa shape index (κ3) is 4.80. The minimum Gasteiger partial charge on any atom is -0.368 e. The summed E-state index contributed by atoms with van der Waals surface area (Å²) in [5, 5.41) is 3.33. The van der Waals surface area contributed by atoms with E-state index in [1.54, 1.807) is 29.2 Å². The smallest absolute Gasteiger partial charge is 0.233 e. The van der Waals surface area contributed by atoms with E-state index in [0.717, 1.165) is 13.1 Å². The molecule has 2 aromatic rings. The SMILES string of the molecule is Cc1cccc(N2CCN(C(=O)CC(=O)Nc3ccc(Cl)cc3)CC2)c1C.